The quantitative estimate of drug-likeness (QED) is 0.649. The molecule has 4 nitrogen and oxygen atoms in total. The Balaban J connectivity index is 2.50. The van der Waals surface area contributed by atoms with Gasteiger partial charge in [-0.1, -0.05) is 18.3 Å². The molecule has 1 aromatic rings. The SMILES string of the molecule is COC(=O)C(C)CSc1sc(N)nc1C. The number of aromatic nitrogens is 1. The maximum atomic E-state index is 11.2. The zero-order valence-corrected chi connectivity index (χ0v) is 10.6. The standard InChI is InChI=1S/C9H14N2O2S2/c1-5(7(12)13-3)4-14-8-6(2)11-9(10)15-8/h5H,4H2,1-3H3,(H2,10,11). The Morgan fingerprint density at radius 2 is 2.40 bits per heavy atom. The van der Waals surface area contributed by atoms with Gasteiger partial charge in [-0.15, -0.1) is 11.8 Å². The van der Waals surface area contributed by atoms with Crippen molar-refractivity contribution in [2.45, 2.75) is 18.1 Å². The number of nitrogens with two attached hydrogens (primary N) is 1. The molecule has 0 aliphatic rings. The molecule has 0 fully saturated rings. The molecular formula is C9H14N2O2S2. The Hall–Kier alpha value is -0.750. The molecule has 1 rings (SSSR count). The van der Waals surface area contributed by atoms with Gasteiger partial charge in [-0.25, -0.2) is 4.98 Å². The number of esters is 1. The minimum Gasteiger partial charge on any atom is -0.469 e. The molecule has 6 heteroatoms. The summed E-state index contributed by atoms with van der Waals surface area (Å²) < 4.78 is 5.72. The van der Waals surface area contributed by atoms with Crippen LogP contribution in [0.5, 0.6) is 0 Å². The van der Waals surface area contributed by atoms with Gasteiger partial charge in [0.25, 0.3) is 0 Å². The summed E-state index contributed by atoms with van der Waals surface area (Å²) in [5.41, 5.74) is 6.50. The molecular weight excluding hydrogens is 232 g/mol. The minimum absolute atomic E-state index is 0.109. The maximum absolute atomic E-state index is 11.2. The van der Waals surface area contributed by atoms with E-state index in [9.17, 15) is 4.79 Å². The van der Waals surface area contributed by atoms with Gasteiger partial charge in [-0.3, -0.25) is 4.79 Å². The van der Waals surface area contributed by atoms with E-state index < -0.39 is 0 Å². The number of nitrogens with zero attached hydrogens (tertiary/aromatic N) is 1. The number of nitrogen functional groups attached to an aromatic ring is 1. The second-order valence-corrected chi connectivity index (χ2v) is 5.48. The number of anilines is 1. The van der Waals surface area contributed by atoms with Gasteiger partial charge < -0.3 is 10.5 Å². The number of hydrogen-bond acceptors (Lipinski definition) is 6. The fraction of sp³-hybridized carbons (Fsp3) is 0.556. The number of thioether (sulfide) groups is 1. The van der Waals surface area contributed by atoms with Gasteiger partial charge >= 0.3 is 5.97 Å². The summed E-state index contributed by atoms with van der Waals surface area (Å²) in [6.07, 6.45) is 0. The van der Waals surface area contributed by atoms with Crippen molar-refractivity contribution in [2.24, 2.45) is 5.92 Å². The Labute approximate surface area is 97.2 Å². The van der Waals surface area contributed by atoms with Crippen molar-refractivity contribution in [3.63, 3.8) is 0 Å². The molecule has 0 amide bonds. The molecule has 84 valence electrons. The van der Waals surface area contributed by atoms with Gasteiger partial charge in [0.15, 0.2) is 5.13 Å². The van der Waals surface area contributed by atoms with Crippen LogP contribution in [-0.2, 0) is 9.53 Å². The number of methoxy groups -OCH3 is 1. The zero-order chi connectivity index (χ0) is 11.4. The average molecular weight is 246 g/mol. The summed E-state index contributed by atoms with van der Waals surface area (Å²) >= 11 is 3.05. The van der Waals surface area contributed by atoms with Crippen molar-refractivity contribution in [3.05, 3.63) is 5.69 Å². The van der Waals surface area contributed by atoms with Gasteiger partial charge in [0.2, 0.25) is 0 Å². The summed E-state index contributed by atoms with van der Waals surface area (Å²) in [6.45, 7) is 3.76. The van der Waals surface area contributed by atoms with E-state index in [-0.39, 0.29) is 11.9 Å². The number of carbonyl (C=O) groups is 1. The van der Waals surface area contributed by atoms with E-state index in [1.54, 1.807) is 11.8 Å². The monoisotopic (exact) mass is 246 g/mol. The largest absolute Gasteiger partial charge is 0.469 e. The number of ether oxygens (including phenoxy) is 1. The van der Waals surface area contributed by atoms with Gasteiger partial charge in [-0.2, -0.15) is 0 Å². The lowest BCUT2D eigenvalue weighted by atomic mass is 10.2. The van der Waals surface area contributed by atoms with Gasteiger partial charge in [0.1, 0.15) is 0 Å². The van der Waals surface area contributed by atoms with Crippen LogP contribution in [0.15, 0.2) is 4.21 Å². The van der Waals surface area contributed by atoms with E-state index in [4.69, 9.17) is 5.73 Å². The van der Waals surface area contributed by atoms with E-state index in [1.165, 1.54) is 18.4 Å². The van der Waals surface area contributed by atoms with Crippen LogP contribution in [0.3, 0.4) is 0 Å². The Kier molecular flexibility index (Phi) is 4.41. The van der Waals surface area contributed by atoms with E-state index >= 15 is 0 Å². The van der Waals surface area contributed by atoms with Crippen molar-refractivity contribution >= 4 is 34.2 Å². The molecule has 0 aliphatic heterocycles. The van der Waals surface area contributed by atoms with Gasteiger partial charge in [-0.05, 0) is 6.92 Å². The lowest BCUT2D eigenvalue weighted by molar-refractivity contribution is -0.143. The van der Waals surface area contributed by atoms with Crippen molar-refractivity contribution in [2.75, 3.05) is 18.6 Å². The third kappa shape index (κ3) is 3.39. The van der Waals surface area contributed by atoms with Crippen molar-refractivity contribution in [1.82, 2.24) is 4.98 Å². The summed E-state index contributed by atoms with van der Waals surface area (Å²) in [5, 5.41) is 0.570. The molecule has 0 bridgehead atoms. The summed E-state index contributed by atoms with van der Waals surface area (Å²) in [7, 11) is 1.40. The molecule has 0 aliphatic carbocycles. The number of aryl methyl sites for hydroxylation is 1. The lowest BCUT2D eigenvalue weighted by Gasteiger charge is -2.07. The highest BCUT2D eigenvalue weighted by atomic mass is 32.2. The topological polar surface area (TPSA) is 65.2 Å². The Morgan fingerprint density at radius 1 is 1.73 bits per heavy atom. The number of rotatable bonds is 4. The third-order valence-corrected chi connectivity index (χ3v) is 4.45. The number of thiazole rings is 1. The van der Waals surface area contributed by atoms with E-state index in [2.05, 4.69) is 9.72 Å². The highest BCUT2D eigenvalue weighted by molar-refractivity contribution is 8.01. The molecule has 0 spiro atoms. The molecule has 2 N–H and O–H groups in total. The second-order valence-electron chi connectivity index (χ2n) is 3.16. The van der Waals surface area contributed by atoms with Crippen LogP contribution in [0.2, 0.25) is 0 Å². The first-order valence-corrected chi connectivity index (χ1v) is 6.28. The van der Waals surface area contributed by atoms with Crippen LogP contribution in [0.4, 0.5) is 5.13 Å². The molecule has 0 radical (unpaired) electrons. The molecule has 0 saturated carbocycles. The molecule has 0 aromatic carbocycles. The van der Waals surface area contributed by atoms with Crippen LogP contribution in [0.25, 0.3) is 0 Å². The predicted molar refractivity (Wildman–Crippen MR) is 63.2 cm³/mol. The number of hydrogen-bond donors (Lipinski definition) is 1. The van der Waals surface area contributed by atoms with E-state index in [0.29, 0.717) is 10.9 Å². The van der Waals surface area contributed by atoms with Crippen LogP contribution >= 0.6 is 23.1 Å². The third-order valence-electron chi connectivity index (χ3n) is 1.84. The minimum atomic E-state index is -0.183. The van der Waals surface area contributed by atoms with Crippen LogP contribution in [-0.4, -0.2) is 23.8 Å². The molecule has 1 unspecified atom stereocenters. The first kappa shape index (κ1) is 12.3. The Bertz CT molecular complexity index is 352. The first-order valence-electron chi connectivity index (χ1n) is 4.48. The van der Waals surface area contributed by atoms with Crippen molar-refractivity contribution < 1.29 is 9.53 Å². The summed E-state index contributed by atoms with van der Waals surface area (Å²) in [4.78, 5) is 15.3. The number of carbonyl (C=O) groups excluding carboxylic acids is 1. The van der Waals surface area contributed by atoms with Crippen LogP contribution in [0.1, 0.15) is 12.6 Å². The summed E-state index contributed by atoms with van der Waals surface area (Å²) in [6, 6.07) is 0. The second kappa shape index (κ2) is 5.37. The molecule has 15 heavy (non-hydrogen) atoms. The smallest absolute Gasteiger partial charge is 0.309 e. The molecule has 1 heterocycles. The average Bonchev–Trinajstić information content (AvgIpc) is 2.52. The highest BCUT2D eigenvalue weighted by Crippen LogP contribution is 2.31. The van der Waals surface area contributed by atoms with Gasteiger partial charge in [0.05, 0.1) is 22.9 Å². The lowest BCUT2D eigenvalue weighted by Crippen LogP contribution is -2.14. The molecule has 1 atom stereocenters. The van der Waals surface area contributed by atoms with E-state index in [0.717, 1.165) is 9.90 Å². The first-order chi connectivity index (χ1) is 7.04. The zero-order valence-electron chi connectivity index (χ0n) is 8.94. The van der Waals surface area contributed by atoms with E-state index in [1.807, 2.05) is 13.8 Å². The van der Waals surface area contributed by atoms with Gasteiger partial charge in [0, 0.05) is 5.75 Å². The predicted octanol–water partition coefficient (Wildman–Crippen LogP) is 1.93. The molecule has 1 aromatic heterocycles. The highest BCUT2D eigenvalue weighted by Gasteiger charge is 2.15. The molecule has 0 saturated heterocycles. The van der Waals surface area contributed by atoms with Crippen molar-refractivity contribution in [3.8, 4) is 0 Å². The fourth-order valence-electron chi connectivity index (χ4n) is 1.01. The fourth-order valence-corrected chi connectivity index (χ4v) is 3.06. The Morgan fingerprint density at radius 3 is 2.87 bits per heavy atom. The normalized spacial score (nSPS) is 12.5. The van der Waals surface area contributed by atoms with Crippen molar-refractivity contribution in [1.29, 1.82) is 0 Å². The maximum Gasteiger partial charge on any atom is 0.309 e. The summed E-state index contributed by atoms with van der Waals surface area (Å²) in [5.74, 6) is 0.398. The van der Waals surface area contributed by atoms with Crippen LogP contribution in [0, 0.1) is 12.8 Å². The van der Waals surface area contributed by atoms with Crippen LogP contribution < -0.4 is 5.73 Å².